The van der Waals surface area contributed by atoms with Gasteiger partial charge in [-0.1, -0.05) is 13.8 Å². The van der Waals surface area contributed by atoms with Crippen LogP contribution in [0.2, 0.25) is 0 Å². The van der Waals surface area contributed by atoms with E-state index in [0.717, 1.165) is 18.5 Å². The fourth-order valence-corrected chi connectivity index (χ4v) is 2.09. The number of carbonyl (C=O) groups is 1. The molecule has 0 atom stereocenters. The van der Waals surface area contributed by atoms with Crippen LogP contribution in [0.5, 0.6) is 0 Å². The number of rotatable bonds is 8. The number of hydrogen-bond donors (Lipinski definition) is 0. The molecule has 0 aliphatic carbocycles. The van der Waals surface area contributed by atoms with Gasteiger partial charge in [-0.05, 0) is 32.9 Å². The number of esters is 1. The molecule has 0 saturated carbocycles. The summed E-state index contributed by atoms with van der Waals surface area (Å²) in [6, 6.07) is 2.48. The Balaban J connectivity index is 2.51. The first-order valence-electron chi connectivity index (χ1n) is 6.98. The third-order valence-corrected chi connectivity index (χ3v) is 3.12. The zero-order valence-corrected chi connectivity index (χ0v) is 12.4. The van der Waals surface area contributed by atoms with Crippen molar-refractivity contribution in [3.8, 4) is 0 Å². The smallest absolute Gasteiger partial charge is 0.320 e. The van der Waals surface area contributed by atoms with Gasteiger partial charge in [0.05, 0.1) is 24.9 Å². The minimum atomic E-state index is -0.190. The molecule has 0 aliphatic heterocycles. The highest BCUT2D eigenvalue weighted by Gasteiger charge is 2.11. The predicted octanol–water partition coefficient (Wildman–Crippen LogP) is 2.24. The van der Waals surface area contributed by atoms with Crippen molar-refractivity contribution in [1.29, 1.82) is 0 Å². The molecule has 1 aromatic heterocycles. The van der Waals surface area contributed by atoms with Gasteiger partial charge in [0.2, 0.25) is 0 Å². The van der Waals surface area contributed by atoms with E-state index in [0.29, 0.717) is 25.7 Å². The van der Waals surface area contributed by atoms with Gasteiger partial charge in [0, 0.05) is 12.7 Å². The topological polar surface area (TPSA) is 47.4 Å². The molecule has 0 N–H and O–H groups in total. The quantitative estimate of drug-likeness (QED) is 0.678. The maximum atomic E-state index is 11.4. The summed E-state index contributed by atoms with van der Waals surface area (Å²) in [5.74, 6) is -0.190. The van der Waals surface area contributed by atoms with Crippen LogP contribution in [0, 0.1) is 0 Å². The SMILES string of the molecule is CCOC(=O)CN(C)Cc1ccn(C(CC)CC)n1. The van der Waals surface area contributed by atoms with E-state index in [1.807, 2.05) is 35.8 Å². The number of hydrogen-bond acceptors (Lipinski definition) is 4. The van der Waals surface area contributed by atoms with E-state index < -0.39 is 0 Å². The Labute approximate surface area is 115 Å². The van der Waals surface area contributed by atoms with E-state index in [2.05, 4.69) is 18.9 Å². The molecule has 0 bridgehead atoms. The molecule has 108 valence electrons. The van der Waals surface area contributed by atoms with Gasteiger partial charge in [-0.15, -0.1) is 0 Å². The fourth-order valence-electron chi connectivity index (χ4n) is 2.09. The van der Waals surface area contributed by atoms with Crippen LogP contribution in [-0.2, 0) is 16.1 Å². The Morgan fingerprint density at radius 1 is 1.42 bits per heavy atom. The average molecular weight is 267 g/mol. The summed E-state index contributed by atoms with van der Waals surface area (Å²) in [6.07, 6.45) is 4.18. The van der Waals surface area contributed by atoms with Gasteiger partial charge in [0.25, 0.3) is 0 Å². The standard InChI is InChI=1S/C14H25N3O2/c1-5-13(6-2)17-9-8-12(15-17)10-16(4)11-14(18)19-7-3/h8-9,13H,5-7,10-11H2,1-4H3. The van der Waals surface area contributed by atoms with Crippen molar-refractivity contribution in [3.05, 3.63) is 18.0 Å². The second kappa shape index (κ2) is 7.94. The van der Waals surface area contributed by atoms with Gasteiger partial charge in [-0.2, -0.15) is 5.10 Å². The van der Waals surface area contributed by atoms with E-state index in [4.69, 9.17) is 4.74 Å². The third-order valence-electron chi connectivity index (χ3n) is 3.12. The van der Waals surface area contributed by atoms with Gasteiger partial charge in [-0.25, -0.2) is 0 Å². The lowest BCUT2D eigenvalue weighted by Crippen LogP contribution is -2.27. The second-order valence-corrected chi connectivity index (χ2v) is 4.73. The van der Waals surface area contributed by atoms with E-state index in [1.54, 1.807) is 0 Å². The zero-order chi connectivity index (χ0) is 14.3. The van der Waals surface area contributed by atoms with Gasteiger partial charge in [0.15, 0.2) is 0 Å². The van der Waals surface area contributed by atoms with Gasteiger partial charge in [-0.3, -0.25) is 14.4 Å². The van der Waals surface area contributed by atoms with Crippen LogP contribution < -0.4 is 0 Å². The number of ether oxygens (including phenoxy) is 1. The van der Waals surface area contributed by atoms with Crippen LogP contribution >= 0.6 is 0 Å². The molecular formula is C14H25N3O2. The Bertz CT molecular complexity index is 386. The predicted molar refractivity (Wildman–Crippen MR) is 74.8 cm³/mol. The molecule has 1 heterocycles. The molecule has 0 amide bonds. The number of nitrogens with zero attached hydrogens (tertiary/aromatic N) is 3. The Morgan fingerprint density at radius 3 is 2.68 bits per heavy atom. The highest BCUT2D eigenvalue weighted by molar-refractivity contribution is 5.71. The first kappa shape index (κ1) is 15.7. The monoisotopic (exact) mass is 267 g/mol. The van der Waals surface area contributed by atoms with Crippen molar-refractivity contribution in [2.24, 2.45) is 0 Å². The largest absolute Gasteiger partial charge is 0.465 e. The average Bonchev–Trinajstić information content (AvgIpc) is 2.79. The lowest BCUT2D eigenvalue weighted by atomic mass is 10.2. The molecule has 5 nitrogen and oxygen atoms in total. The maximum absolute atomic E-state index is 11.4. The summed E-state index contributed by atoms with van der Waals surface area (Å²) in [6.45, 7) is 7.54. The van der Waals surface area contributed by atoms with Crippen molar-refractivity contribution >= 4 is 5.97 Å². The van der Waals surface area contributed by atoms with Gasteiger partial charge in [0.1, 0.15) is 0 Å². The van der Waals surface area contributed by atoms with Crippen molar-refractivity contribution in [2.75, 3.05) is 20.2 Å². The molecule has 19 heavy (non-hydrogen) atoms. The Hall–Kier alpha value is -1.36. The van der Waals surface area contributed by atoms with Crippen molar-refractivity contribution in [2.45, 2.75) is 46.2 Å². The van der Waals surface area contributed by atoms with Crippen LogP contribution in [-0.4, -0.2) is 40.8 Å². The Morgan fingerprint density at radius 2 is 2.11 bits per heavy atom. The highest BCUT2D eigenvalue weighted by atomic mass is 16.5. The van der Waals surface area contributed by atoms with Crippen molar-refractivity contribution in [1.82, 2.24) is 14.7 Å². The molecule has 1 rings (SSSR count). The minimum Gasteiger partial charge on any atom is -0.465 e. The molecular weight excluding hydrogens is 242 g/mol. The maximum Gasteiger partial charge on any atom is 0.320 e. The molecule has 0 fully saturated rings. The molecule has 0 aromatic carbocycles. The molecule has 0 aliphatic rings. The first-order chi connectivity index (χ1) is 9.10. The summed E-state index contributed by atoms with van der Waals surface area (Å²) in [7, 11) is 1.90. The minimum absolute atomic E-state index is 0.190. The molecule has 1 aromatic rings. The van der Waals surface area contributed by atoms with E-state index in [1.165, 1.54) is 0 Å². The normalized spacial score (nSPS) is 11.3. The molecule has 0 saturated heterocycles. The lowest BCUT2D eigenvalue weighted by Gasteiger charge is -2.15. The molecule has 0 unspecified atom stereocenters. The van der Waals surface area contributed by atoms with Crippen LogP contribution in [0.15, 0.2) is 12.3 Å². The third kappa shape index (κ3) is 5.03. The van der Waals surface area contributed by atoms with Crippen LogP contribution in [0.3, 0.4) is 0 Å². The summed E-state index contributed by atoms with van der Waals surface area (Å²) < 4.78 is 6.94. The lowest BCUT2D eigenvalue weighted by molar-refractivity contribution is -0.144. The Kier molecular flexibility index (Phi) is 6.56. The summed E-state index contributed by atoms with van der Waals surface area (Å²) >= 11 is 0. The van der Waals surface area contributed by atoms with E-state index in [-0.39, 0.29) is 5.97 Å². The summed E-state index contributed by atoms with van der Waals surface area (Å²) in [4.78, 5) is 13.3. The van der Waals surface area contributed by atoms with E-state index in [9.17, 15) is 4.79 Å². The summed E-state index contributed by atoms with van der Waals surface area (Å²) in [5.41, 5.74) is 0.985. The second-order valence-electron chi connectivity index (χ2n) is 4.73. The number of carbonyl (C=O) groups excluding carboxylic acids is 1. The number of likely N-dealkylation sites (N-methyl/N-ethyl adjacent to an activating group) is 1. The number of aromatic nitrogens is 2. The molecule has 0 radical (unpaired) electrons. The molecule has 5 heteroatoms. The highest BCUT2D eigenvalue weighted by Crippen LogP contribution is 2.14. The summed E-state index contributed by atoms with van der Waals surface area (Å²) in [5, 5.41) is 4.57. The van der Waals surface area contributed by atoms with Crippen LogP contribution in [0.4, 0.5) is 0 Å². The van der Waals surface area contributed by atoms with Crippen LogP contribution in [0.1, 0.15) is 45.3 Å². The van der Waals surface area contributed by atoms with Gasteiger partial charge < -0.3 is 4.74 Å². The van der Waals surface area contributed by atoms with Crippen molar-refractivity contribution in [3.63, 3.8) is 0 Å². The molecule has 0 spiro atoms. The first-order valence-corrected chi connectivity index (χ1v) is 6.98. The fraction of sp³-hybridized carbons (Fsp3) is 0.714. The zero-order valence-electron chi connectivity index (χ0n) is 12.4. The van der Waals surface area contributed by atoms with E-state index >= 15 is 0 Å². The van der Waals surface area contributed by atoms with Crippen molar-refractivity contribution < 1.29 is 9.53 Å². The van der Waals surface area contributed by atoms with Gasteiger partial charge >= 0.3 is 5.97 Å². The van der Waals surface area contributed by atoms with Crippen LogP contribution in [0.25, 0.3) is 0 Å².